The molecule has 0 aromatic carbocycles. The summed E-state index contributed by atoms with van der Waals surface area (Å²) in [5.74, 6) is -0.224. The van der Waals surface area contributed by atoms with Crippen LogP contribution in [0.15, 0.2) is 29.3 Å². The van der Waals surface area contributed by atoms with Gasteiger partial charge < -0.3 is 9.88 Å². The summed E-state index contributed by atoms with van der Waals surface area (Å²) in [5.41, 5.74) is 8.78. The molecule has 2 aromatic heterocycles. The number of nitrogens with zero attached hydrogens (tertiary/aromatic N) is 4. The SMILES string of the molecule is CCN(CC)CCCCc1c(C)[nH]c(/C=C2/C(=O)NN=C2c2cnccn2)c1C. The van der Waals surface area contributed by atoms with Gasteiger partial charge in [0.15, 0.2) is 0 Å². The van der Waals surface area contributed by atoms with Gasteiger partial charge in [-0.3, -0.25) is 14.8 Å². The monoisotopic (exact) mass is 394 g/mol. The maximum atomic E-state index is 12.3. The molecule has 154 valence electrons. The summed E-state index contributed by atoms with van der Waals surface area (Å²) in [7, 11) is 0. The van der Waals surface area contributed by atoms with E-state index in [-0.39, 0.29) is 5.91 Å². The number of aromatic amines is 1. The van der Waals surface area contributed by atoms with Crippen LogP contribution in [0.3, 0.4) is 0 Å². The van der Waals surface area contributed by atoms with Crippen LogP contribution in [0, 0.1) is 13.8 Å². The highest BCUT2D eigenvalue weighted by atomic mass is 16.2. The van der Waals surface area contributed by atoms with Crippen molar-refractivity contribution < 1.29 is 4.79 Å². The number of unbranched alkanes of at least 4 members (excludes halogenated alkanes) is 1. The molecule has 0 radical (unpaired) electrons. The van der Waals surface area contributed by atoms with E-state index < -0.39 is 0 Å². The number of hydrogen-bond acceptors (Lipinski definition) is 5. The van der Waals surface area contributed by atoms with Crippen molar-refractivity contribution >= 4 is 17.7 Å². The third kappa shape index (κ3) is 4.79. The number of hydrazone groups is 1. The highest BCUT2D eigenvalue weighted by molar-refractivity contribution is 6.32. The molecule has 1 aliphatic rings. The Bertz CT molecular complexity index is 909. The Labute approximate surface area is 172 Å². The summed E-state index contributed by atoms with van der Waals surface area (Å²) in [6, 6.07) is 0. The van der Waals surface area contributed by atoms with Gasteiger partial charge in [0, 0.05) is 23.8 Å². The smallest absolute Gasteiger partial charge is 0.273 e. The van der Waals surface area contributed by atoms with E-state index in [0.29, 0.717) is 17.0 Å². The van der Waals surface area contributed by atoms with Gasteiger partial charge in [-0.2, -0.15) is 5.10 Å². The van der Waals surface area contributed by atoms with Crippen molar-refractivity contribution in [2.24, 2.45) is 5.10 Å². The Morgan fingerprint density at radius 3 is 2.62 bits per heavy atom. The Hall–Kier alpha value is -2.80. The molecule has 0 aliphatic carbocycles. The second-order valence-electron chi connectivity index (χ2n) is 7.30. The standard InChI is InChI=1S/C22H30N6O/c1-5-28(6-2)12-8-7-9-17-15(3)19(25-16(17)4)13-18-21(26-27-22(18)29)20-14-23-10-11-24-20/h10-11,13-14,25H,5-9,12H2,1-4H3,(H,27,29)/b18-13+. The first kappa shape index (κ1) is 20.9. The number of rotatable bonds is 9. The van der Waals surface area contributed by atoms with Crippen LogP contribution in [0.5, 0.6) is 0 Å². The van der Waals surface area contributed by atoms with Crippen LogP contribution in [0.1, 0.15) is 54.9 Å². The molecule has 1 amide bonds. The third-order valence-electron chi connectivity index (χ3n) is 5.54. The molecule has 0 bridgehead atoms. The van der Waals surface area contributed by atoms with Crippen molar-refractivity contribution in [1.29, 1.82) is 0 Å². The van der Waals surface area contributed by atoms with E-state index in [1.54, 1.807) is 18.6 Å². The van der Waals surface area contributed by atoms with Crippen LogP contribution in [0.2, 0.25) is 0 Å². The van der Waals surface area contributed by atoms with Crippen molar-refractivity contribution in [3.8, 4) is 0 Å². The molecule has 0 unspecified atom stereocenters. The van der Waals surface area contributed by atoms with Crippen molar-refractivity contribution in [3.05, 3.63) is 52.4 Å². The zero-order valence-electron chi connectivity index (χ0n) is 17.7. The number of aromatic nitrogens is 3. The van der Waals surface area contributed by atoms with E-state index in [2.05, 4.69) is 58.1 Å². The molecule has 0 saturated heterocycles. The summed E-state index contributed by atoms with van der Waals surface area (Å²) in [6.45, 7) is 12.0. The van der Waals surface area contributed by atoms with E-state index in [4.69, 9.17) is 0 Å². The summed E-state index contributed by atoms with van der Waals surface area (Å²) in [5, 5.41) is 4.14. The molecule has 0 fully saturated rings. The van der Waals surface area contributed by atoms with Gasteiger partial charge in [-0.05, 0) is 69.9 Å². The lowest BCUT2D eigenvalue weighted by molar-refractivity contribution is -0.116. The highest BCUT2D eigenvalue weighted by Gasteiger charge is 2.26. The topological polar surface area (TPSA) is 86.3 Å². The quantitative estimate of drug-likeness (QED) is 0.506. The van der Waals surface area contributed by atoms with Gasteiger partial charge in [-0.25, -0.2) is 5.43 Å². The number of nitrogens with one attached hydrogen (secondary N) is 2. The predicted octanol–water partition coefficient (Wildman–Crippen LogP) is 3.00. The number of hydrogen-bond donors (Lipinski definition) is 2. The number of aryl methyl sites for hydroxylation is 1. The number of amides is 1. The van der Waals surface area contributed by atoms with Crippen molar-refractivity contribution in [2.45, 2.75) is 47.0 Å². The lowest BCUT2D eigenvalue weighted by atomic mass is 10.0. The summed E-state index contributed by atoms with van der Waals surface area (Å²) in [4.78, 5) is 26.6. The molecule has 2 N–H and O–H groups in total. The van der Waals surface area contributed by atoms with Crippen molar-refractivity contribution in [1.82, 2.24) is 25.3 Å². The summed E-state index contributed by atoms with van der Waals surface area (Å²) in [6.07, 6.45) is 10.1. The van der Waals surface area contributed by atoms with Crippen molar-refractivity contribution in [2.75, 3.05) is 19.6 Å². The fraction of sp³-hybridized carbons (Fsp3) is 0.455. The molecule has 0 spiro atoms. The molecule has 0 saturated carbocycles. The molecule has 1 aliphatic heterocycles. The van der Waals surface area contributed by atoms with Crippen LogP contribution in [0.25, 0.3) is 6.08 Å². The van der Waals surface area contributed by atoms with Crippen LogP contribution in [-0.4, -0.2) is 51.1 Å². The number of carbonyl (C=O) groups excluding carboxylic acids is 1. The Morgan fingerprint density at radius 2 is 1.93 bits per heavy atom. The molecule has 2 aromatic rings. The van der Waals surface area contributed by atoms with E-state index in [9.17, 15) is 4.79 Å². The summed E-state index contributed by atoms with van der Waals surface area (Å²) < 4.78 is 0. The van der Waals surface area contributed by atoms with Gasteiger partial charge in [0.1, 0.15) is 11.4 Å². The first-order chi connectivity index (χ1) is 14.0. The lowest BCUT2D eigenvalue weighted by Crippen LogP contribution is -2.23. The molecule has 7 heteroatoms. The van der Waals surface area contributed by atoms with Crippen LogP contribution in [-0.2, 0) is 11.2 Å². The van der Waals surface area contributed by atoms with Gasteiger partial charge in [0.05, 0.1) is 11.8 Å². The molecule has 0 atom stereocenters. The molecule has 29 heavy (non-hydrogen) atoms. The fourth-order valence-corrected chi connectivity index (χ4v) is 3.74. The van der Waals surface area contributed by atoms with E-state index in [0.717, 1.165) is 43.9 Å². The first-order valence-electron chi connectivity index (χ1n) is 10.3. The average Bonchev–Trinajstić information content (AvgIpc) is 3.23. The van der Waals surface area contributed by atoms with Gasteiger partial charge in [-0.15, -0.1) is 0 Å². The van der Waals surface area contributed by atoms with E-state index >= 15 is 0 Å². The first-order valence-corrected chi connectivity index (χ1v) is 10.3. The second kappa shape index (κ2) is 9.60. The van der Waals surface area contributed by atoms with Crippen LogP contribution >= 0.6 is 0 Å². The number of carbonyl (C=O) groups is 1. The Kier molecular flexibility index (Phi) is 6.93. The molecule has 3 heterocycles. The van der Waals surface area contributed by atoms with E-state index in [1.165, 1.54) is 17.5 Å². The van der Waals surface area contributed by atoms with Crippen LogP contribution < -0.4 is 5.43 Å². The van der Waals surface area contributed by atoms with Gasteiger partial charge in [0.25, 0.3) is 5.91 Å². The molecular weight excluding hydrogens is 364 g/mol. The Balaban J connectivity index is 1.75. The predicted molar refractivity (Wildman–Crippen MR) is 116 cm³/mol. The highest BCUT2D eigenvalue weighted by Crippen LogP contribution is 2.24. The van der Waals surface area contributed by atoms with Gasteiger partial charge in [0.2, 0.25) is 0 Å². The number of H-pyrrole nitrogens is 1. The molecule has 7 nitrogen and oxygen atoms in total. The minimum atomic E-state index is -0.224. The largest absolute Gasteiger partial charge is 0.359 e. The fourth-order valence-electron chi connectivity index (χ4n) is 3.74. The van der Waals surface area contributed by atoms with E-state index in [1.807, 2.05) is 6.08 Å². The minimum absolute atomic E-state index is 0.224. The Morgan fingerprint density at radius 1 is 1.14 bits per heavy atom. The normalized spacial score (nSPS) is 15.3. The second-order valence-corrected chi connectivity index (χ2v) is 7.30. The van der Waals surface area contributed by atoms with Crippen molar-refractivity contribution in [3.63, 3.8) is 0 Å². The summed E-state index contributed by atoms with van der Waals surface area (Å²) >= 11 is 0. The zero-order valence-corrected chi connectivity index (χ0v) is 17.7. The van der Waals surface area contributed by atoms with Gasteiger partial charge >= 0.3 is 0 Å². The third-order valence-corrected chi connectivity index (χ3v) is 5.54. The minimum Gasteiger partial charge on any atom is -0.359 e. The molecule has 3 rings (SSSR count). The molecular formula is C22H30N6O. The maximum Gasteiger partial charge on any atom is 0.273 e. The van der Waals surface area contributed by atoms with Crippen LogP contribution in [0.4, 0.5) is 0 Å². The lowest BCUT2D eigenvalue weighted by Gasteiger charge is -2.17. The zero-order chi connectivity index (χ0) is 20.8. The maximum absolute atomic E-state index is 12.3. The average molecular weight is 395 g/mol. The van der Waals surface area contributed by atoms with Gasteiger partial charge in [-0.1, -0.05) is 13.8 Å².